The van der Waals surface area contributed by atoms with Gasteiger partial charge in [0.1, 0.15) is 0 Å². The minimum atomic E-state index is 0.0646. The van der Waals surface area contributed by atoms with Crippen LogP contribution in [0.25, 0.3) is 0 Å². The van der Waals surface area contributed by atoms with E-state index in [9.17, 15) is 5.11 Å². The monoisotopic (exact) mass is 371 g/mol. The Morgan fingerprint density at radius 1 is 0.857 bits per heavy atom. The summed E-state index contributed by atoms with van der Waals surface area (Å²) < 4.78 is 0. The average Bonchev–Trinajstić information content (AvgIpc) is 2.94. The molecule has 0 unspecified atom stereocenters. The highest BCUT2D eigenvalue weighted by Crippen LogP contribution is 2.33. The fourth-order valence-electron chi connectivity index (χ4n) is 4.52. The first-order valence-corrected chi connectivity index (χ1v) is 10.4. The Kier molecular flexibility index (Phi) is 6.20. The third-order valence-electron chi connectivity index (χ3n) is 6.04. The van der Waals surface area contributed by atoms with Gasteiger partial charge in [0.2, 0.25) is 0 Å². The highest BCUT2D eigenvalue weighted by molar-refractivity contribution is 5.33. The van der Waals surface area contributed by atoms with E-state index in [0.29, 0.717) is 5.92 Å². The highest BCUT2D eigenvalue weighted by atomic mass is 16.3. The SMILES string of the molecule is OC[C@@H](c1ccccc1)N1CCc2ccccc2[C@@H](CCc2ccccc2)C1. The van der Waals surface area contributed by atoms with E-state index in [1.165, 1.54) is 22.3 Å². The molecule has 2 nitrogen and oxygen atoms in total. The molecule has 1 N–H and O–H groups in total. The number of hydrogen-bond acceptors (Lipinski definition) is 2. The second-order valence-corrected chi connectivity index (χ2v) is 7.77. The highest BCUT2D eigenvalue weighted by Gasteiger charge is 2.27. The fourth-order valence-corrected chi connectivity index (χ4v) is 4.52. The van der Waals surface area contributed by atoms with E-state index in [1.54, 1.807) is 0 Å². The van der Waals surface area contributed by atoms with Gasteiger partial charge in [-0.1, -0.05) is 84.9 Å². The number of aliphatic hydroxyl groups excluding tert-OH is 1. The Bertz CT molecular complexity index is 862. The normalized spacial score (nSPS) is 18.2. The number of hydrogen-bond donors (Lipinski definition) is 1. The lowest BCUT2D eigenvalue weighted by atomic mass is 9.89. The van der Waals surface area contributed by atoms with Crippen LogP contribution in [0.1, 0.15) is 40.6 Å². The van der Waals surface area contributed by atoms with Gasteiger partial charge in [-0.05, 0) is 47.4 Å². The van der Waals surface area contributed by atoms with E-state index in [0.717, 1.165) is 32.4 Å². The molecule has 4 rings (SSSR count). The summed E-state index contributed by atoms with van der Waals surface area (Å²) in [4.78, 5) is 2.49. The largest absolute Gasteiger partial charge is 0.394 e. The van der Waals surface area contributed by atoms with E-state index in [2.05, 4.69) is 83.8 Å². The number of aliphatic hydroxyl groups is 1. The summed E-state index contributed by atoms with van der Waals surface area (Å²) in [5, 5.41) is 10.2. The van der Waals surface area contributed by atoms with Gasteiger partial charge < -0.3 is 5.11 Å². The van der Waals surface area contributed by atoms with Crippen molar-refractivity contribution in [2.45, 2.75) is 31.2 Å². The molecule has 1 aliphatic heterocycles. The summed E-state index contributed by atoms with van der Waals surface area (Å²) in [6, 6.07) is 30.2. The van der Waals surface area contributed by atoms with Crippen LogP contribution in [-0.2, 0) is 12.8 Å². The third-order valence-corrected chi connectivity index (χ3v) is 6.04. The number of fused-ring (bicyclic) bond motifs is 1. The predicted molar refractivity (Wildman–Crippen MR) is 115 cm³/mol. The molecule has 3 aromatic rings. The molecule has 0 amide bonds. The van der Waals surface area contributed by atoms with Crippen LogP contribution in [0.15, 0.2) is 84.9 Å². The van der Waals surface area contributed by atoms with Crippen LogP contribution in [0.4, 0.5) is 0 Å². The molecule has 0 aliphatic carbocycles. The molecular weight excluding hydrogens is 342 g/mol. The number of benzene rings is 3. The van der Waals surface area contributed by atoms with Crippen molar-refractivity contribution >= 4 is 0 Å². The van der Waals surface area contributed by atoms with Crippen molar-refractivity contribution in [3.05, 3.63) is 107 Å². The van der Waals surface area contributed by atoms with Crippen molar-refractivity contribution in [2.24, 2.45) is 0 Å². The molecule has 144 valence electrons. The second kappa shape index (κ2) is 9.18. The van der Waals surface area contributed by atoms with Gasteiger partial charge in [-0.2, -0.15) is 0 Å². The fraction of sp³-hybridized carbons (Fsp3) is 0.308. The first kappa shape index (κ1) is 18.9. The van der Waals surface area contributed by atoms with Crippen molar-refractivity contribution in [1.82, 2.24) is 4.90 Å². The van der Waals surface area contributed by atoms with Crippen LogP contribution < -0.4 is 0 Å². The summed E-state index contributed by atoms with van der Waals surface area (Å²) in [6.07, 6.45) is 3.26. The first-order valence-electron chi connectivity index (χ1n) is 10.4. The van der Waals surface area contributed by atoms with Gasteiger partial charge in [0.25, 0.3) is 0 Å². The molecule has 0 radical (unpaired) electrons. The minimum Gasteiger partial charge on any atom is -0.394 e. The Morgan fingerprint density at radius 3 is 2.29 bits per heavy atom. The third kappa shape index (κ3) is 4.35. The molecule has 0 aromatic heterocycles. The second-order valence-electron chi connectivity index (χ2n) is 7.77. The van der Waals surface area contributed by atoms with Crippen molar-refractivity contribution in [1.29, 1.82) is 0 Å². The van der Waals surface area contributed by atoms with Crippen molar-refractivity contribution in [3.8, 4) is 0 Å². The maximum atomic E-state index is 10.2. The molecule has 0 saturated carbocycles. The lowest BCUT2D eigenvalue weighted by Gasteiger charge is -2.32. The maximum Gasteiger partial charge on any atom is 0.0628 e. The van der Waals surface area contributed by atoms with E-state index in [4.69, 9.17) is 0 Å². The zero-order chi connectivity index (χ0) is 19.2. The molecule has 0 saturated heterocycles. The lowest BCUT2D eigenvalue weighted by Crippen LogP contribution is -2.34. The molecule has 28 heavy (non-hydrogen) atoms. The van der Waals surface area contributed by atoms with Gasteiger partial charge in [-0.3, -0.25) is 4.90 Å². The molecule has 1 aliphatic rings. The van der Waals surface area contributed by atoms with Crippen LogP contribution in [0, 0.1) is 0 Å². The number of nitrogens with zero attached hydrogens (tertiary/aromatic N) is 1. The smallest absolute Gasteiger partial charge is 0.0628 e. The van der Waals surface area contributed by atoms with Crippen LogP contribution in [0.5, 0.6) is 0 Å². The first-order chi connectivity index (χ1) is 13.8. The van der Waals surface area contributed by atoms with Gasteiger partial charge in [0, 0.05) is 13.1 Å². The Balaban J connectivity index is 1.58. The van der Waals surface area contributed by atoms with Crippen LogP contribution in [-0.4, -0.2) is 29.7 Å². The summed E-state index contributed by atoms with van der Waals surface area (Å²) >= 11 is 0. The Hall–Kier alpha value is -2.42. The van der Waals surface area contributed by atoms with Crippen molar-refractivity contribution in [3.63, 3.8) is 0 Å². The topological polar surface area (TPSA) is 23.5 Å². The van der Waals surface area contributed by atoms with Crippen LogP contribution >= 0.6 is 0 Å². The van der Waals surface area contributed by atoms with Gasteiger partial charge in [-0.15, -0.1) is 0 Å². The minimum absolute atomic E-state index is 0.0646. The van der Waals surface area contributed by atoms with Gasteiger partial charge in [0.15, 0.2) is 0 Å². The molecule has 0 spiro atoms. The zero-order valence-corrected chi connectivity index (χ0v) is 16.4. The maximum absolute atomic E-state index is 10.2. The lowest BCUT2D eigenvalue weighted by molar-refractivity contribution is 0.119. The number of rotatable bonds is 6. The van der Waals surface area contributed by atoms with E-state index < -0.39 is 0 Å². The zero-order valence-electron chi connectivity index (χ0n) is 16.4. The van der Waals surface area contributed by atoms with E-state index in [-0.39, 0.29) is 12.6 Å². The molecule has 0 bridgehead atoms. The van der Waals surface area contributed by atoms with E-state index >= 15 is 0 Å². The summed E-state index contributed by atoms with van der Waals surface area (Å²) in [5.41, 5.74) is 5.56. The van der Waals surface area contributed by atoms with Crippen molar-refractivity contribution < 1.29 is 5.11 Å². The molecular formula is C26H29NO. The van der Waals surface area contributed by atoms with Gasteiger partial charge in [0.05, 0.1) is 12.6 Å². The predicted octanol–water partition coefficient (Wildman–Crippen LogP) is 4.99. The van der Waals surface area contributed by atoms with Crippen LogP contribution in [0.3, 0.4) is 0 Å². The molecule has 2 heteroatoms. The van der Waals surface area contributed by atoms with Gasteiger partial charge in [-0.25, -0.2) is 0 Å². The average molecular weight is 372 g/mol. The summed E-state index contributed by atoms with van der Waals surface area (Å²) in [5.74, 6) is 0.483. The van der Waals surface area contributed by atoms with Gasteiger partial charge >= 0.3 is 0 Å². The molecule has 2 atom stereocenters. The summed E-state index contributed by atoms with van der Waals surface area (Å²) in [7, 11) is 0. The van der Waals surface area contributed by atoms with E-state index in [1.807, 2.05) is 6.07 Å². The van der Waals surface area contributed by atoms with Crippen LogP contribution in [0.2, 0.25) is 0 Å². The molecule has 3 aromatic carbocycles. The summed E-state index contributed by atoms with van der Waals surface area (Å²) in [6.45, 7) is 2.13. The Labute approximate surface area is 168 Å². The molecule has 1 heterocycles. The standard InChI is InChI=1S/C26H29NO/c28-20-26(23-12-5-2-6-13-23)27-18-17-22-11-7-8-14-25(22)24(19-27)16-15-21-9-3-1-4-10-21/h1-14,24,26,28H,15-20H2/t24-,26-/m0/s1. The number of aryl methyl sites for hydroxylation is 1. The quantitative estimate of drug-likeness (QED) is 0.659. The molecule has 0 fully saturated rings. The Morgan fingerprint density at radius 2 is 1.54 bits per heavy atom. The van der Waals surface area contributed by atoms with Crippen molar-refractivity contribution in [2.75, 3.05) is 19.7 Å².